The third-order valence-corrected chi connectivity index (χ3v) is 3.23. The molecule has 1 aliphatic rings. The Labute approximate surface area is 88.9 Å². The molecule has 3 rings (SSSR count). The number of aromatic amines is 1. The normalized spacial score (nSPS) is 18.0. The van der Waals surface area contributed by atoms with Crippen molar-refractivity contribution in [1.29, 1.82) is 0 Å². The van der Waals surface area contributed by atoms with Crippen LogP contribution in [0.1, 0.15) is 18.5 Å². The van der Waals surface area contributed by atoms with E-state index in [2.05, 4.69) is 27.8 Å². The van der Waals surface area contributed by atoms with Gasteiger partial charge in [0.15, 0.2) is 0 Å². The Morgan fingerprint density at radius 2 is 2.13 bits per heavy atom. The van der Waals surface area contributed by atoms with E-state index < -0.39 is 0 Å². The summed E-state index contributed by atoms with van der Waals surface area (Å²) in [4.78, 5) is 3.41. The lowest BCUT2D eigenvalue weighted by Gasteiger charge is -2.05. The van der Waals surface area contributed by atoms with Crippen LogP contribution in [0.25, 0.3) is 11.4 Å². The van der Waals surface area contributed by atoms with E-state index in [4.69, 9.17) is 5.73 Å². The predicted molar refractivity (Wildman–Crippen MR) is 60.3 cm³/mol. The molecule has 3 heteroatoms. The summed E-state index contributed by atoms with van der Waals surface area (Å²) in [6, 6.07) is 8.36. The summed E-state index contributed by atoms with van der Waals surface area (Å²) in [6.07, 6.45) is 4.24. The third-order valence-electron chi connectivity index (χ3n) is 3.23. The van der Waals surface area contributed by atoms with Gasteiger partial charge in [-0.25, -0.2) is 0 Å². The molecule has 0 aromatic carbocycles. The Morgan fingerprint density at radius 1 is 1.33 bits per heavy atom. The van der Waals surface area contributed by atoms with Crippen molar-refractivity contribution in [2.24, 2.45) is 12.8 Å². The summed E-state index contributed by atoms with van der Waals surface area (Å²) in [5.74, 6) is 0. The average Bonchev–Trinajstić information content (AvgIpc) is 2.70. The number of hydrogen-bond acceptors (Lipinski definition) is 1. The van der Waals surface area contributed by atoms with Crippen LogP contribution in [0, 0.1) is 0 Å². The Morgan fingerprint density at radius 3 is 2.73 bits per heavy atom. The van der Waals surface area contributed by atoms with Gasteiger partial charge >= 0.3 is 0 Å². The lowest BCUT2D eigenvalue weighted by molar-refractivity contribution is 0.714. The fraction of sp³-hybridized carbons (Fsp3) is 0.333. The minimum atomic E-state index is -0.0661. The molecule has 0 amide bonds. The molecule has 0 saturated heterocycles. The maximum Gasteiger partial charge on any atom is 0.0643 e. The predicted octanol–water partition coefficient (Wildman–Crippen LogP) is 1.97. The molecule has 0 aliphatic heterocycles. The number of nitrogens with two attached hydrogens (primary N) is 1. The fourth-order valence-electron chi connectivity index (χ4n) is 1.98. The van der Waals surface area contributed by atoms with Crippen LogP contribution >= 0.6 is 0 Å². The Hall–Kier alpha value is -1.48. The van der Waals surface area contributed by atoms with Crippen LogP contribution < -0.4 is 5.73 Å². The molecule has 1 saturated carbocycles. The number of hydrogen-bond donors (Lipinski definition) is 2. The van der Waals surface area contributed by atoms with Gasteiger partial charge in [-0.05, 0) is 37.1 Å². The van der Waals surface area contributed by atoms with Gasteiger partial charge in [0.2, 0.25) is 0 Å². The lowest BCUT2D eigenvalue weighted by atomic mass is 10.2. The van der Waals surface area contributed by atoms with Crippen molar-refractivity contribution in [2.75, 3.05) is 0 Å². The molecule has 0 spiro atoms. The molecular weight excluding hydrogens is 186 g/mol. The van der Waals surface area contributed by atoms with Gasteiger partial charge in [-0.15, -0.1) is 0 Å². The Bertz CT molecular complexity index is 488. The minimum Gasteiger partial charge on any atom is -0.356 e. The third kappa shape index (κ3) is 1.31. The van der Waals surface area contributed by atoms with Gasteiger partial charge < -0.3 is 15.3 Å². The van der Waals surface area contributed by atoms with Crippen molar-refractivity contribution >= 4 is 0 Å². The van der Waals surface area contributed by atoms with E-state index >= 15 is 0 Å². The van der Waals surface area contributed by atoms with Gasteiger partial charge in [-0.3, -0.25) is 0 Å². The number of aromatic nitrogens is 2. The first-order chi connectivity index (χ1) is 7.19. The van der Waals surface area contributed by atoms with Gasteiger partial charge in [0.05, 0.1) is 16.9 Å². The maximum absolute atomic E-state index is 6.13. The number of nitrogens with one attached hydrogen (secondary N) is 1. The van der Waals surface area contributed by atoms with Crippen molar-refractivity contribution in [2.45, 2.75) is 18.4 Å². The van der Waals surface area contributed by atoms with Gasteiger partial charge in [0, 0.05) is 18.9 Å². The molecule has 2 aromatic heterocycles. The smallest absolute Gasteiger partial charge is 0.0643 e. The maximum atomic E-state index is 6.13. The first-order valence-electron chi connectivity index (χ1n) is 5.29. The zero-order valence-electron chi connectivity index (χ0n) is 8.83. The second kappa shape index (κ2) is 2.76. The van der Waals surface area contributed by atoms with Crippen LogP contribution in [0.4, 0.5) is 0 Å². The van der Waals surface area contributed by atoms with Gasteiger partial charge in [0.1, 0.15) is 0 Å². The summed E-state index contributed by atoms with van der Waals surface area (Å²) in [5.41, 5.74) is 9.58. The molecule has 2 heterocycles. The van der Waals surface area contributed by atoms with E-state index in [1.165, 1.54) is 11.4 Å². The molecule has 78 valence electrons. The molecule has 1 fully saturated rings. The minimum absolute atomic E-state index is 0.0661. The molecule has 3 N–H and O–H groups in total. The monoisotopic (exact) mass is 201 g/mol. The van der Waals surface area contributed by atoms with E-state index in [1.807, 2.05) is 19.3 Å². The molecule has 15 heavy (non-hydrogen) atoms. The highest BCUT2D eigenvalue weighted by Crippen LogP contribution is 2.42. The van der Waals surface area contributed by atoms with Crippen molar-refractivity contribution < 1.29 is 0 Å². The number of aryl methyl sites for hydroxylation is 1. The second-order valence-corrected chi connectivity index (χ2v) is 4.45. The highest BCUT2D eigenvalue weighted by molar-refractivity contribution is 5.56. The van der Waals surface area contributed by atoms with Crippen LogP contribution in [-0.4, -0.2) is 9.55 Å². The highest BCUT2D eigenvalue weighted by atomic mass is 15.0. The molecule has 0 unspecified atom stereocenters. The Kier molecular flexibility index (Phi) is 1.62. The topological polar surface area (TPSA) is 46.7 Å². The van der Waals surface area contributed by atoms with Crippen LogP contribution in [0.3, 0.4) is 0 Å². The number of nitrogens with zero attached hydrogens (tertiary/aromatic N) is 1. The molecule has 2 aromatic rings. The van der Waals surface area contributed by atoms with Crippen molar-refractivity contribution in [1.82, 2.24) is 9.55 Å². The van der Waals surface area contributed by atoms with E-state index in [-0.39, 0.29) is 5.54 Å². The SMILES string of the molecule is Cn1cccc1-c1ccc(C2(N)CC2)[nH]1. The number of rotatable bonds is 2. The first-order valence-corrected chi connectivity index (χ1v) is 5.29. The zero-order chi connectivity index (χ0) is 10.5. The second-order valence-electron chi connectivity index (χ2n) is 4.45. The fourth-order valence-corrected chi connectivity index (χ4v) is 1.98. The van der Waals surface area contributed by atoms with Crippen LogP contribution in [0.5, 0.6) is 0 Å². The van der Waals surface area contributed by atoms with E-state index in [0.717, 1.165) is 18.5 Å². The van der Waals surface area contributed by atoms with E-state index in [0.29, 0.717) is 0 Å². The summed E-state index contributed by atoms with van der Waals surface area (Å²) in [6.45, 7) is 0. The first kappa shape index (κ1) is 8.80. The van der Waals surface area contributed by atoms with Crippen LogP contribution in [0.2, 0.25) is 0 Å². The van der Waals surface area contributed by atoms with Crippen molar-refractivity contribution in [3.63, 3.8) is 0 Å². The summed E-state index contributed by atoms with van der Waals surface area (Å²) in [5, 5.41) is 0. The van der Waals surface area contributed by atoms with Crippen LogP contribution in [-0.2, 0) is 12.6 Å². The molecule has 0 atom stereocenters. The lowest BCUT2D eigenvalue weighted by Crippen LogP contribution is -2.18. The summed E-state index contributed by atoms with van der Waals surface area (Å²) >= 11 is 0. The summed E-state index contributed by atoms with van der Waals surface area (Å²) < 4.78 is 2.10. The number of H-pyrrole nitrogens is 1. The van der Waals surface area contributed by atoms with Gasteiger partial charge in [-0.1, -0.05) is 0 Å². The molecule has 0 radical (unpaired) electrons. The van der Waals surface area contributed by atoms with Crippen LogP contribution in [0.15, 0.2) is 30.5 Å². The average molecular weight is 201 g/mol. The standard InChI is InChI=1S/C12H15N3/c1-15-8-2-3-10(15)9-4-5-11(14-9)12(13)6-7-12/h2-5,8,14H,6-7,13H2,1H3. The molecule has 3 nitrogen and oxygen atoms in total. The molecular formula is C12H15N3. The highest BCUT2D eigenvalue weighted by Gasteiger charge is 2.41. The Balaban J connectivity index is 2.01. The van der Waals surface area contributed by atoms with Gasteiger partial charge in [0.25, 0.3) is 0 Å². The van der Waals surface area contributed by atoms with Gasteiger partial charge in [-0.2, -0.15) is 0 Å². The molecule has 0 bridgehead atoms. The van der Waals surface area contributed by atoms with E-state index in [1.54, 1.807) is 0 Å². The summed E-state index contributed by atoms with van der Waals surface area (Å²) in [7, 11) is 2.05. The van der Waals surface area contributed by atoms with E-state index in [9.17, 15) is 0 Å². The largest absolute Gasteiger partial charge is 0.356 e. The quantitative estimate of drug-likeness (QED) is 0.766. The van der Waals surface area contributed by atoms with Crippen molar-refractivity contribution in [3.8, 4) is 11.4 Å². The molecule has 1 aliphatic carbocycles. The van der Waals surface area contributed by atoms with Crippen molar-refractivity contribution in [3.05, 3.63) is 36.2 Å². The zero-order valence-corrected chi connectivity index (χ0v) is 8.83.